The summed E-state index contributed by atoms with van der Waals surface area (Å²) in [5, 5.41) is 2.48. The normalized spacial score (nSPS) is 15.3. The second kappa shape index (κ2) is 10.9. The maximum absolute atomic E-state index is 14.1. The first-order valence-electron chi connectivity index (χ1n) is 10.8. The highest BCUT2D eigenvalue weighted by molar-refractivity contribution is 5.88. The second-order valence-electron chi connectivity index (χ2n) is 8.04. The number of rotatable bonds is 10. The summed E-state index contributed by atoms with van der Waals surface area (Å²) in [4.78, 5) is 13.0. The van der Waals surface area contributed by atoms with Crippen molar-refractivity contribution in [2.45, 2.75) is 57.3 Å². The topological polar surface area (TPSA) is 56.8 Å². The fraction of sp³-hybridized carbons (Fsp3) is 0.480. The number of hydrogen-bond acceptors (Lipinski definition) is 4. The minimum Gasteiger partial charge on any atom is -0.496 e. The molecule has 1 amide bonds. The van der Waals surface area contributed by atoms with Crippen LogP contribution < -0.4 is 14.8 Å². The predicted octanol–water partition coefficient (Wildman–Crippen LogP) is 5.37. The van der Waals surface area contributed by atoms with E-state index in [1.807, 2.05) is 12.1 Å². The average molecular weight is 468 g/mol. The Balaban J connectivity index is 2.36. The van der Waals surface area contributed by atoms with Crippen LogP contribution in [0.15, 0.2) is 42.5 Å². The van der Waals surface area contributed by atoms with Gasteiger partial charge in [0.15, 0.2) is 0 Å². The molecule has 2 rings (SSSR count). The van der Waals surface area contributed by atoms with Gasteiger partial charge in [0.1, 0.15) is 11.5 Å². The first-order chi connectivity index (χ1) is 15.5. The van der Waals surface area contributed by atoms with Crippen molar-refractivity contribution in [2.24, 2.45) is 0 Å². The van der Waals surface area contributed by atoms with Crippen molar-refractivity contribution in [3.05, 3.63) is 59.2 Å². The van der Waals surface area contributed by atoms with Crippen molar-refractivity contribution >= 4 is 5.91 Å². The highest BCUT2D eigenvalue weighted by atomic mass is 19.4. The summed E-state index contributed by atoms with van der Waals surface area (Å²) in [5.41, 5.74) is -1.72. The molecule has 0 heterocycles. The van der Waals surface area contributed by atoms with Crippen molar-refractivity contribution in [1.29, 1.82) is 0 Å². The number of alkyl halides is 3. The van der Waals surface area contributed by atoms with E-state index in [0.29, 0.717) is 17.1 Å². The molecule has 0 radical (unpaired) electrons. The summed E-state index contributed by atoms with van der Waals surface area (Å²) >= 11 is 0. The molecule has 1 N–H and O–H groups in total. The lowest BCUT2D eigenvalue weighted by Crippen LogP contribution is -2.57. The number of carbonyl (C=O) groups is 1. The third kappa shape index (κ3) is 5.43. The van der Waals surface area contributed by atoms with E-state index < -0.39 is 23.7 Å². The number of carbonyl (C=O) groups excluding carboxylic acids is 1. The van der Waals surface area contributed by atoms with E-state index >= 15 is 0 Å². The third-order valence-electron chi connectivity index (χ3n) is 5.89. The zero-order valence-electron chi connectivity index (χ0n) is 19.9. The van der Waals surface area contributed by atoms with E-state index in [1.165, 1.54) is 31.4 Å². The van der Waals surface area contributed by atoms with Crippen LogP contribution >= 0.6 is 0 Å². The minimum atomic E-state index is -4.97. The Morgan fingerprint density at radius 2 is 1.61 bits per heavy atom. The smallest absolute Gasteiger partial charge is 0.430 e. The summed E-state index contributed by atoms with van der Waals surface area (Å²) in [6, 6.07) is 9.94. The van der Waals surface area contributed by atoms with E-state index in [2.05, 4.69) is 19.2 Å². The van der Waals surface area contributed by atoms with Crippen molar-refractivity contribution in [3.8, 4) is 11.5 Å². The molecule has 1 unspecified atom stereocenters. The number of nitrogens with one attached hydrogen (secondary N) is 1. The first-order valence-corrected chi connectivity index (χ1v) is 10.8. The molecule has 0 aliphatic heterocycles. The highest BCUT2D eigenvalue weighted by Gasteiger charge is 2.62. The standard InChI is InChI=1S/C25H32F3NO4/c1-7-16(2)20-15-21(31-4)18(14-22(20)32-5)13-17(3)29-23(30)24(33-6,25(26,27)28)19-11-9-8-10-12-19/h8-12,14-17H,7,13H2,1-6H3,(H,29,30)/t16-,17?,24-/m0/s1. The molecule has 0 aliphatic rings. The van der Waals surface area contributed by atoms with Crippen molar-refractivity contribution in [2.75, 3.05) is 21.3 Å². The Labute approximate surface area is 193 Å². The molecule has 0 spiro atoms. The Morgan fingerprint density at radius 1 is 1.00 bits per heavy atom. The van der Waals surface area contributed by atoms with E-state index in [4.69, 9.17) is 14.2 Å². The van der Waals surface area contributed by atoms with E-state index in [-0.39, 0.29) is 17.9 Å². The molecular formula is C25H32F3NO4. The van der Waals surface area contributed by atoms with Gasteiger partial charge in [-0.3, -0.25) is 4.79 Å². The molecule has 0 aromatic heterocycles. The highest BCUT2D eigenvalue weighted by Crippen LogP contribution is 2.42. The van der Waals surface area contributed by atoms with Crippen LogP contribution in [0.2, 0.25) is 0 Å². The van der Waals surface area contributed by atoms with Gasteiger partial charge in [0.25, 0.3) is 11.5 Å². The quantitative estimate of drug-likeness (QED) is 0.511. The lowest BCUT2D eigenvalue weighted by Gasteiger charge is -2.34. The van der Waals surface area contributed by atoms with Crippen LogP contribution in [0.5, 0.6) is 11.5 Å². The monoisotopic (exact) mass is 467 g/mol. The number of amides is 1. The van der Waals surface area contributed by atoms with E-state index in [9.17, 15) is 18.0 Å². The van der Waals surface area contributed by atoms with Gasteiger partial charge in [0.05, 0.1) is 14.2 Å². The molecule has 8 heteroatoms. The fourth-order valence-electron chi connectivity index (χ4n) is 3.88. The van der Waals surface area contributed by atoms with Crippen LogP contribution in [0, 0.1) is 0 Å². The molecule has 0 saturated heterocycles. The molecule has 2 aromatic rings. The third-order valence-corrected chi connectivity index (χ3v) is 5.89. The van der Waals surface area contributed by atoms with Gasteiger partial charge in [-0.2, -0.15) is 13.2 Å². The summed E-state index contributed by atoms with van der Waals surface area (Å²) in [6.07, 6.45) is -3.83. The molecule has 33 heavy (non-hydrogen) atoms. The number of halogens is 3. The Morgan fingerprint density at radius 3 is 2.09 bits per heavy atom. The van der Waals surface area contributed by atoms with Gasteiger partial charge in [-0.1, -0.05) is 44.2 Å². The largest absolute Gasteiger partial charge is 0.496 e. The van der Waals surface area contributed by atoms with Crippen molar-refractivity contribution in [3.63, 3.8) is 0 Å². The Hall–Kier alpha value is -2.74. The molecule has 5 nitrogen and oxygen atoms in total. The van der Waals surface area contributed by atoms with Gasteiger partial charge in [-0.15, -0.1) is 0 Å². The van der Waals surface area contributed by atoms with Gasteiger partial charge >= 0.3 is 6.18 Å². The van der Waals surface area contributed by atoms with Crippen LogP contribution in [0.1, 0.15) is 49.8 Å². The van der Waals surface area contributed by atoms with Crippen LogP contribution in [0.3, 0.4) is 0 Å². The maximum atomic E-state index is 14.1. The zero-order chi connectivity index (χ0) is 24.8. The Bertz CT molecular complexity index is 933. The van der Waals surface area contributed by atoms with Crippen LogP contribution in [-0.2, 0) is 21.6 Å². The van der Waals surface area contributed by atoms with Gasteiger partial charge < -0.3 is 19.5 Å². The molecule has 182 valence electrons. The number of ether oxygens (including phenoxy) is 3. The van der Waals surface area contributed by atoms with Gasteiger partial charge in [0.2, 0.25) is 0 Å². The Kier molecular flexibility index (Phi) is 8.77. The lowest BCUT2D eigenvalue weighted by molar-refractivity contribution is -0.266. The fourth-order valence-corrected chi connectivity index (χ4v) is 3.88. The van der Waals surface area contributed by atoms with Gasteiger partial charge in [-0.05, 0) is 43.4 Å². The maximum Gasteiger partial charge on any atom is 0.430 e. The zero-order valence-corrected chi connectivity index (χ0v) is 19.9. The summed E-state index contributed by atoms with van der Waals surface area (Å²) in [6.45, 7) is 5.77. The molecule has 0 saturated carbocycles. The van der Waals surface area contributed by atoms with Crippen LogP contribution in [0.25, 0.3) is 0 Å². The van der Waals surface area contributed by atoms with Crippen molar-refractivity contribution in [1.82, 2.24) is 5.32 Å². The van der Waals surface area contributed by atoms with E-state index in [1.54, 1.807) is 20.1 Å². The van der Waals surface area contributed by atoms with Gasteiger partial charge in [0, 0.05) is 24.3 Å². The molecule has 3 atom stereocenters. The molecule has 0 fully saturated rings. The van der Waals surface area contributed by atoms with Gasteiger partial charge in [-0.25, -0.2) is 0 Å². The number of methoxy groups -OCH3 is 3. The van der Waals surface area contributed by atoms with Crippen LogP contribution in [-0.4, -0.2) is 39.5 Å². The number of hydrogen-bond donors (Lipinski definition) is 1. The van der Waals surface area contributed by atoms with E-state index in [0.717, 1.165) is 19.1 Å². The van der Waals surface area contributed by atoms with Crippen LogP contribution in [0.4, 0.5) is 13.2 Å². The summed E-state index contributed by atoms with van der Waals surface area (Å²) in [5.74, 6) is 0.215. The molecular weight excluding hydrogens is 435 g/mol. The summed E-state index contributed by atoms with van der Waals surface area (Å²) < 4.78 is 58.3. The molecule has 2 aromatic carbocycles. The average Bonchev–Trinajstić information content (AvgIpc) is 2.78. The second-order valence-corrected chi connectivity index (χ2v) is 8.04. The number of benzene rings is 2. The minimum absolute atomic E-state index is 0.235. The summed E-state index contributed by atoms with van der Waals surface area (Å²) in [7, 11) is 3.98. The van der Waals surface area contributed by atoms with Crippen molar-refractivity contribution < 1.29 is 32.2 Å². The first kappa shape index (κ1) is 26.5. The molecule has 0 bridgehead atoms. The SMILES string of the molecule is CC[C@H](C)c1cc(OC)c(CC(C)NC(=O)[C@@](OC)(c2ccccc2)C(F)(F)F)cc1OC. The lowest BCUT2D eigenvalue weighted by atomic mass is 9.90. The predicted molar refractivity (Wildman–Crippen MR) is 121 cm³/mol. The molecule has 0 aliphatic carbocycles.